The molecule has 0 saturated heterocycles. The Balaban J connectivity index is 1.59. The first-order chi connectivity index (χ1) is 15.2. The molecule has 2 aromatic heterocycles. The Morgan fingerprint density at radius 3 is 2.62 bits per heavy atom. The standard InChI is InChI=1S/C25H27N3O4/c1-15-19(13-22(32-15)25(2,3)4)23(29)26-17-9-10-21-20(12-17)27-24(30)28(21)14-16-7-6-8-18(11-16)31-5/h6-13H,14H2,1-5H3,(H,26,29)(H,27,30). The zero-order chi connectivity index (χ0) is 23.0. The lowest BCUT2D eigenvalue weighted by Gasteiger charge is -2.13. The fraction of sp³-hybridized carbons (Fsp3) is 0.280. The van der Waals surface area contributed by atoms with Gasteiger partial charge in [-0.1, -0.05) is 32.9 Å². The van der Waals surface area contributed by atoms with Crippen molar-refractivity contribution in [2.24, 2.45) is 0 Å². The van der Waals surface area contributed by atoms with Crippen LogP contribution in [-0.4, -0.2) is 22.6 Å². The van der Waals surface area contributed by atoms with Gasteiger partial charge in [-0.2, -0.15) is 0 Å². The molecular formula is C25H27N3O4. The van der Waals surface area contributed by atoms with Gasteiger partial charge in [0.25, 0.3) is 5.91 Å². The quantitative estimate of drug-likeness (QED) is 0.471. The van der Waals surface area contributed by atoms with Gasteiger partial charge in [0.15, 0.2) is 0 Å². The highest BCUT2D eigenvalue weighted by Crippen LogP contribution is 2.28. The number of imidazole rings is 1. The van der Waals surface area contributed by atoms with E-state index in [1.54, 1.807) is 36.8 Å². The second-order valence-corrected chi connectivity index (χ2v) is 8.88. The second-order valence-electron chi connectivity index (χ2n) is 8.88. The maximum atomic E-state index is 12.8. The largest absolute Gasteiger partial charge is 0.497 e. The van der Waals surface area contributed by atoms with Gasteiger partial charge in [-0.15, -0.1) is 0 Å². The summed E-state index contributed by atoms with van der Waals surface area (Å²) >= 11 is 0. The molecule has 0 saturated carbocycles. The Bertz CT molecular complexity index is 1350. The van der Waals surface area contributed by atoms with Crippen LogP contribution in [-0.2, 0) is 12.0 Å². The molecule has 0 aliphatic carbocycles. The van der Waals surface area contributed by atoms with E-state index in [1.165, 1.54) is 0 Å². The molecule has 4 aromatic rings. The van der Waals surface area contributed by atoms with E-state index in [4.69, 9.17) is 9.15 Å². The number of aromatic nitrogens is 2. The Hall–Kier alpha value is -3.74. The SMILES string of the molecule is COc1cccc(Cn2c(=O)[nH]c3cc(NC(=O)c4cc(C(C)(C)C)oc4C)ccc32)c1. The van der Waals surface area contributed by atoms with E-state index in [2.05, 4.69) is 10.3 Å². The van der Waals surface area contributed by atoms with E-state index in [9.17, 15) is 9.59 Å². The summed E-state index contributed by atoms with van der Waals surface area (Å²) in [5, 5.41) is 2.90. The third kappa shape index (κ3) is 4.19. The Morgan fingerprint density at radius 2 is 1.94 bits per heavy atom. The van der Waals surface area contributed by atoms with Crippen molar-refractivity contribution in [3.8, 4) is 5.75 Å². The molecule has 0 bridgehead atoms. The Morgan fingerprint density at radius 1 is 1.16 bits per heavy atom. The van der Waals surface area contributed by atoms with Crippen molar-refractivity contribution in [3.63, 3.8) is 0 Å². The number of methoxy groups -OCH3 is 1. The van der Waals surface area contributed by atoms with Crippen molar-refractivity contribution in [2.45, 2.75) is 39.7 Å². The number of hydrogen-bond acceptors (Lipinski definition) is 4. The van der Waals surface area contributed by atoms with Gasteiger partial charge < -0.3 is 19.5 Å². The molecule has 166 valence electrons. The van der Waals surface area contributed by atoms with Gasteiger partial charge in [-0.25, -0.2) is 4.79 Å². The van der Waals surface area contributed by atoms with E-state index in [0.29, 0.717) is 29.1 Å². The average Bonchev–Trinajstić information content (AvgIpc) is 3.28. The third-order valence-electron chi connectivity index (χ3n) is 5.41. The Kier molecular flexibility index (Phi) is 5.42. The number of carbonyl (C=O) groups is 1. The average molecular weight is 434 g/mol. The zero-order valence-corrected chi connectivity index (χ0v) is 18.9. The number of benzene rings is 2. The monoisotopic (exact) mass is 433 g/mol. The van der Waals surface area contributed by atoms with Gasteiger partial charge in [0.05, 0.1) is 30.3 Å². The van der Waals surface area contributed by atoms with E-state index < -0.39 is 0 Å². The van der Waals surface area contributed by atoms with Gasteiger partial charge in [0.1, 0.15) is 17.3 Å². The van der Waals surface area contributed by atoms with Crippen LogP contribution in [0.15, 0.2) is 57.7 Å². The second kappa shape index (κ2) is 8.07. The first-order valence-corrected chi connectivity index (χ1v) is 10.4. The summed E-state index contributed by atoms with van der Waals surface area (Å²) < 4.78 is 12.7. The lowest BCUT2D eigenvalue weighted by atomic mass is 9.93. The fourth-order valence-corrected chi connectivity index (χ4v) is 3.63. The molecular weight excluding hydrogens is 406 g/mol. The van der Waals surface area contributed by atoms with Crippen LogP contribution in [0.5, 0.6) is 5.75 Å². The normalized spacial score (nSPS) is 11.7. The molecule has 32 heavy (non-hydrogen) atoms. The highest BCUT2D eigenvalue weighted by Gasteiger charge is 2.23. The van der Waals surface area contributed by atoms with Crippen molar-refractivity contribution in [1.82, 2.24) is 9.55 Å². The molecule has 0 atom stereocenters. The smallest absolute Gasteiger partial charge is 0.326 e. The van der Waals surface area contributed by atoms with Crippen molar-refractivity contribution < 1.29 is 13.9 Å². The number of H-pyrrole nitrogens is 1. The lowest BCUT2D eigenvalue weighted by molar-refractivity contribution is 0.102. The van der Waals surface area contributed by atoms with Crippen LogP contribution in [0.1, 0.15) is 48.2 Å². The predicted octanol–water partition coefficient (Wildman–Crippen LogP) is 4.84. The maximum absolute atomic E-state index is 12.8. The number of ether oxygens (including phenoxy) is 1. The van der Waals surface area contributed by atoms with Crippen LogP contribution in [0.2, 0.25) is 0 Å². The molecule has 7 heteroatoms. The number of aryl methyl sites for hydroxylation is 1. The van der Waals surface area contributed by atoms with E-state index >= 15 is 0 Å². The highest BCUT2D eigenvalue weighted by atomic mass is 16.5. The number of furan rings is 1. The van der Waals surface area contributed by atoms with Crippen LogP contribution in [0.4, 0.5) is 5.69 Å². The molecule has 0 spiro atoms. The molecule has 2 aromatic carbocycles. The van der Waals surface area contributed by atoms with Gasteiger partial charge in [0, 0.05) is 11.1 Å². The van der Waals surface area contributed by atoms with Crippen LogP contribution in [0.25, 0.3) is 11.0 Å². The first kappa shape index (κ1) is 21.5. The van der Waals surface area contributed by atoms with Crippen molar-refractivity contribution in [2.75, 3.05) is 12.4 Å². The number of fused-ring (bicyclic) bond motifs is 1. The molecule has 2 N–H and O–H groups in total. The minimum Gasteiger partial charge on any atom is -0.497 e. The van der Waals surface area contributed by atoms with E-state index in [0.717, 1.165) is 22.6 Å². The van der Waals surface area contributed by atoms with Gasteiger partial charge >= 0.3 is 5.69 Å². The predicted molar refractivity (Wildman–Crippen MR) is 125 cm³/mol. The lowest BCUT2D eigenvalue weighted by Crippen LogP contribution is -2.17. The summed E-state index contributed by atoms with van der Waals surface area (Å²) in [6.45, 7) is 8.29. The summed E-state index contributed by atoms with van der Waals surface area (Å²) in [7, 11) is 1.61. The number of aromatic amines is 1. The summed E-state index contributed by atoms with van der Waals surface area (Å²) in [6, 6.07) is 14.8. The van der Waals surface area contributed by atoms with Gasteiger partial charge in [0.2, 0.25) is 0 Å². The van der Waals surface area contributed by atoms with Crippen LogP contribution in [0.3, 0.4) is 0 Å². The number of carbonyl (C=O) groups excluding carboxylic acids is 1. The first-order valence-electron chi connectivity index (χ1n) is 10.4. The summed E-state index contributed by atoms with van der Waals surface area (Å²) in [4.78, 5) is 28.3. The van der Waals surface area contributed by atoms with Crippen molar-refractivity contribution in [1.29, 1.82) is 0 Å². The minimum absolute atomic E-state index is 0.187. The van der Waals surface area contributed by atoms with E-state index in [-0.39, 0.29) is 17.0 Å². The molecule has 0 radical (unpaired) electrons. The Labute approximate surface area is 186 Å². The molecule has 0 aliphatic heterocycles. The molecule has 0 unspecified atom stereocenters. The minimum atomic E-state index is -0.251. The highest BCUT2D eigenvalue weighted by molar-refractivity contribution is 6.05. The zero-order valence-electron chi connectivity index (χ0n) is 18.9. The summed E-state index contributed by atoms with van der Waals surface area (Å²) in [5.41, 5.74) is 3.05. The number of anilines is 1. The van der Waals surface area contributed by atoms with Gasteiger partial charge in [-0.3, -0.25) is 9.36 Å². The third-order valence-corrected chi connectivity index (χ3v) is 5.41. The molecule has 7 nitrogen and oxygen atoms in total. The number of rotatable bonds is 5. The molecule has 0 aliphatic rings. The van der Waals surface area contributed by atoms with Gasteiger partial charge in [-0.05, 0) is 48.9 Å². The number of amides is 1. The molecule has 0 fully saturated rings. The molecule has 2 heterocycles. The molecule has 4 rings (SSSR count). The van der Waals surface area contributed by atoms with Crippen molar-refractivity contribution in [3.05, 3.63) is 81.7 Å². The van der Waals surface area contributed by atoms with Crippen LogP contribution in [0, 0.1) is 6.92 Å². The summed E-state index contributed by atoms with van der Waals surface area (Å²) in [6.07, 6.45) is 0. The topological polar surface area (TPSA) is 89.3 Å². The fourth-order valence-electron chi connectivity index (χ4n) is 3.63. The van der Waals surface area contributed by atoms with Crippen LogP contribution < -0.4 is 15.7 Å². The van der Waals surface area contributed by atoms with Crippen molar-refractivity contribution >= 4 is 22.6 Å². The maximum Gasteiger partial charge on any atom is 0.326 e. The number of nitrogens with one attached hydrogen (secondary N) is 2. The molecule has 1 amide bonds. The summed E-state index contributed by atoms with van der Waals surface area (Å²) in [5.74, 6) is 1.82. The number of hydrogen-bond donors (Lipinski definition) is 2. The van der Waals surface area contributed by atoms with E-state index in [1.807, 2.05) is 51.1 Å². The number of nitrogens with zero attached hydrogens (tertiary/aromatic N) is 1. The van der Waals surface area contributed by atoms with Crippen LogP contribution >= 0.6 is 0 Å².